The first-order chi connectivity index (χ1) is 6.86. The minimum absolute atomic E-state index is 1.14. The van der Waals surface area contributed by atoms with Crippen LogP contribution in [0.4, 0.5) is 0 Å². The van der Waals surface area contributed by atoms with Crippen molar-refractivity contribution in [2.24, 2.45) is 0 Å². The van der Waals surface area contributed by atoms with E-state index in [0.29, 0.717) is 0 Å². The summed E-state index contributed by atoms with van der Waals surface area (Å²) >= 11 is 0. The number of fused-ring (bicyclic) bond motifs is 1. The Morgan fingerprint density at radius 2 is 2.29 bits per heavy atom. The van der Waals surface area contributed by atoms with Crippen LogP contribution >= 0.6 is 0 Å². The second-order valence-electron chi connectivity index (χ2n) is 3.86. The first kappa shape index (κ1) is 9.50. The monoisotopic (exact) mass is 191 g/mol. The van der Waals surface area contributed by atoms with E-state index in [1.807, 2.05) is 0 Å². The highest BCUT2D eigenvalue weighted by Crippen LogP contribution is 2.12. The van der Waals surface area contributed by atoms with Crippen LogP contribution in [0.2, 0.25) is 0 Å². The van der Waals surface area contributed by atoms with E-state index in [1.54, 1.807) is 0 Å². The molecule has 0 spiro atoms. The van der Waals surface area contributed by atoms with Crippen molar-refractivity contribution in [2.75, 3.05) is 13.1 Å². The number of aromatic nitrogens is 1. The third kappa shape index (κ3) is 1.49. The van der Waals surface area contributed by atoms with Gasteiger partial charge in [0.1, 0.15) is 12.2 Å². The van der Waals surface area contributed by atoms with E-state index < -0.39 is 0 Å². The van der Waals surface area contributed by atoms with Crippen molar-refractivity contribution in [3.63, 3.8) is 0 Å². The largest absolute Gasteiger partial charge is 0.337 e. The van der Waals surface area contributed by atoms with Gasteiger partial charge in [-0.3, -0.25) is 0 Å². The topological polar surface area (TPSA) is 7.94 Å². The quantitative estimate of drug-likeness (QED) is 0.647. The van der Waals surface area contributed by atoms with Crippen molar-refractivity contribution in [3.8, 4) is 0 Å². The molecule has 1 aromatic rings. The highest BCUT2D eigenvalue weighted by Gasteiger charge is 2.22. The fraction of sp³-hybridized carbons (Fsp3) is 0.583. The molecule has 0 bridgehead atoms. The van der Waals surface area contributed by atoms with Gasteiger partial charge >= 0.3 is 0 Å². The Hall–Kier alpha value is -1.05. The van der Waals surface area contributed by atoms with Gasteiger partial charge in [0.2, 0.25) is 0 Å². The van der Waals surface area contributed by atoms with Crippen LogP contribution in [0.3, 0.4) is 0 Å². The fourth-order valence-corrected chi connectivity index (χ4v) is 2.27. The van der Waals surface area contributed by atoms with Crippen molar-refractivity contribution in [2.45, 2.75) is 33.2 Å². The molecule has 1 aliphatic heterocycles. The second kappa shape index (κ2) is 3.99. The molecule has 1 aromatic heterocycles. The van der Waals surface area contributed by atoms with Crippen molar-refractivity contribution >= 4 is 5.71 Å². The minimum Gasteiger partial charge on any atom is -0.337 e. The number of likely N-dealkylation sites (N-methyl/N-ethyl adjacent to an activating group) is 1. The normalized spacial score (nSPS) is 15.9. The molecule has 0 amide bonds. The van der Waals surface area contributed by atoms with Gasteiger partial charge in [0.05, 0.1) is 6.54 Å². The van der Waals surface area contributed by atoms with Gasteiger partial charge in [-0.1, -0.05) is 6.92 Å². The molecule has 0 unspecified atom stereocenters. The van der Waals surface area contributed by atoms with Crippen molar-refractivity contribution < 1.29 is 4.58 Å². The maximum atomic E-state index is 2.51. The van der Waals surface area contributed by atoms with Crippen LogP contribution in [0, 0.1) is 0 Å². The lowest BCUT2D eigenvalue weighted by molar-refractivity contribution is -0.529. The molecular formula is C12H19N2+. The predicted octanol–water partition coefficient (Wildman–Crippen LogP) is 2.12. The summed E-state index contributed by atoms with van der Waals surface area (Å²) in [5.41, 5.74) is 2.96. The van der Waals surface area contributed by atoms with Crippen LogP contribution in [-0.4, -0.2) is 27.9 Å². The van der Waals surface area contributed by atoms with Crippen molar-refractivity contribution in [1.82, 2.24) is 4.57 Å². The Kier molecular flexibility index (Phi) is 2.71. The van der Waals surface area contributed by atoms with E-state index in [-0.39, 0.29) is 0 Å². The first-order valence-electron chi connectivity index (χ1n) is 5.63. The minimum atomic E-state index is 1.14. The van der Waals surface area contributed by atoms with Crippen LogP contribution in [0.25, 0.3) is 0 Å². The zero-order chi connectivity index (χ0) is 9.97. The van der Waals surface area contributed by atoms with Crippen LogP contribution in [0.5, 0.6) is 0 Å². The number of rotatable bonds is 3. The van der Waals surface area contributed by atoms with Crippen LogP contribution in [0.1, 0.15) is 32.4 Å². The fourth-order valence-electron chi connectivity index (χ4n) is 2.27. The third-order valence-corrected chi connectivity index (χ3v) is 2.99. The first-order valence-corrected chi connectivity index (χ1v) is 5.63. The molecule has 2 heteroatoms. The Morgan fingerprint density at radius 1 is 1.43 bits per heavy atom. The maximum Gasteiger partial charge on any atom is 0.199 e. The van der Waals surface area contributed by atoms with Gasteiger partial charge in [0.25, 0.3) is 0 Å². The standard InChI is InChI=1S/C12H19N2/c1-3-6-11-12-7-5-8-14(12)10-9-13(11)4-2/h5,7-8H,3-4,6,9-10H2,1-2H3/q+1. The van der Waals surface area contributed by atoms with Gasteiger partial charge in [-0.15, -0.1) is 0 Å². The molecule has 2 heterocycles. The Labute approximate surface area is 85.9 Å². The van der Waals surface area contributed by atoms with Crippen LogP contribution in [0.15, 0.2) is 18.3 Å². The summed E-state index contributed by atoms with van der Waals surface area (Å²) < 4.78 is 4.88. The lowest BCUT2D eigenvalue weighted by atomic mass is 10.1. The smallest absolute Gasteiger partial charge is 0.199 e. The van der Waals surface area contributed by atoms with E-state index in [2.05, 4.69) is 41.3 Å². The molecule has 0 fully saturated rings. The Balaban J connectivity index is 2.40. The summed E-state index contributed by atoms with van der Waals surface area (Å²) in [6.45, 7) is 7.95. The zero-order valence-corrected chi connectivity index (χ0v) is 9.16. The van der Waals surface area contributed by atoms with E-state index >= 15 is 0 Å². The lowest BCUT2D eigenvalue weighted by Gasteiger charge is -2.17. The van der Waals surface area contributed by atoms with E-state index in [4.69, 9.17) is 0 Å². The summed E-state index contributed by atoms with van der Waals surface area (Å²) in [5.74, 6) is 0. The average molecular weight is 191 g/mol. The van der Waals surface area contributed by atoms with Crippen LogP contribution < -0.4 is 0 Å². The molecule has 14 heavy (non-hydrogen) atoms. The molecular weight excluding hydrogens is 172 g/mol. The molecule has 0 radical (unpaired) electrons. The lowest BCUT2D eigenvalue weighted by Crippen LogP contribution is -2.32. The number of hydrogen-bond donors (Lipinski definition) is 0. The van der Waals surface area contributed by atoms with Gasteiger partial charge in [-0.25, -0.2) is 4.58 Å². The van der Waals surface area contributed by atoms with E-state index in [9.17, 15) is 0 Å². The molecule has 0 N–H and O–H groups in total. The van der Waals surface area contributed by atoms with E-state index in [0.717, 1.165) is 13.1 Å². The molecule has 0 aromatic carbocycles. The molecule has 0 aliphatic carbocycles. The summed E-state index contributed by atoms with van der Waals surface area (Å²) in [6, 6.07) is 4.40. The maximum absolute atomic E-state index is 2.51. The summed E-state index contributed by atoms with van der Waals surface area (Å²) in [7, 11) is 0. The van der Waals surface area contributed by atoms with Gasteiger partial charge < -0.3 is 4.57 Å². The third-order valence-electron chi connectivity index (χ3n) is 2.99. The zero-order valence-electron chi connectivity index (χ0n) is 9.16. The summed E-state index contributed by atoms with van der Waals surface area (Å²) in [4.78, 5) is 0. The molecule has 0 saturated carbocycles. The van der Waals surface area contributed by atoms with Gasteiger partial charge in [0, 0.05) is 12.6 Å². The molecule has 76 valence electrons. The SMILES string of the molecule is CCCC1=[N+](CC)CCn2cccc21. The second-order valence-corrected chi connectivity index (χ2v) is 3.86. The molecule has 2 nitrogen and oxygen atoms in total. The van der Waals surface area contributed by atoms with Crippen LogP contribution in [-0.2, 0) is 6.54 Å². The molecule has 0 atom stereocenters. The van der Waals surface area contributed by atoms with Crippen molar-refractivity contribution in [1.29, 1.82) is 0 Å². The van der Waals surface area contributed by atoms with E-state index in [1.165, 1.54) is 30.8 Å². The molecule has 0 saturated heterocycles. The highest BCUT2D eigenvalue weighted by molar-refractivity contribution is 5.95. The molecule has 1 aliphatic rings. The van der Waals surface area contributed by atoms with Crippen molar-refractivity contribution in [3.05, 3.63) is 24.0 Å². The average Bonchev–Trinajstić information content (AvgIpc) is 2.67. The number of hydrogen-bond acceptors (Lipinski definition) is 0. The Morgan fingerprint density at radius 3 is 3.00 bits per heavy atom. The summed E-state index contributed by atoms with van der Waals surface area (Å²) in [5, 5.41) is 0. The van der Waals surface area contributed by atoms with Gasteiger partial charge in [0.15, 0.2) is 12.3 Å². The predicted molar refractivity (Wildman–Crippen MR) is 59.1 cm³/mol. The van der Waals surface area contributed by atoms with Gasteiger partial charge in [-0.2, -0.15) is 0 Å². The van der Waals surface area contributed by atoms with Gasteiger partial charge in [-0.05, 0) is 25.5 Å². The Bertz CT molecular complexity index is 347. The summed E-state index contributed by atoms with van der Waals surface area (Å²) in [6.07, 6.45) is 4.63. The molecule has 2 rings (SSSR count). The number of nitrogens with zero attached hydrogens (tertiary/aromatic N) is 2. The highest BCUT2D eigenvalue weighted by atomic mass is 15.1.